The number of carbonyl (C=O) groups is 2. The summed E-state index contributed by atoms with van der Waals surface area (Å²) in [5, 5.41) is 28.0. The van der Waals surface area contributed by atoms with Crippen LogP contribution in [-0.2, 0) is 0 Å². The molecule has 0 saturated heterocycles. The van der Waals surface area contributed by atoms with E-state index >= 15 is 0 Å². The van der Waals surface area contributed by atoms with Crippen molar-refractivity contribution in [3.63, 3.8) is 0 Å². The average Bonchev–Trinajstić information content (AvgIpc) is 2.40. The van der Waals surface area contributed by atoms with Crippen molar-refractivity contribution in [2.24, 2.45) is 0 Å². The Bertz CT molecular complexity index is 661. The fourth-order valence-corrected chi connectivity index (χ4v) is 1.72. The van der Waals surface area contributed by atoms with Crippen LogP contribution in [-0.4, -0.2) is 27.1 Å². The van der Waals surface area contributed by atoms with Gasteiger partial charge in [0.05, 0.1) is 11.1 Å². The van der Waals surface area contributed by atoms with Gasteiger partial charge in [0.1, 0.15) is 11.5 Å². The van der Waals surface area contributed by atoms with E-state index in [1.807, 2.05) is 0 Å². The first kappa shape index (κ1) is 12.6. The Morgan fingerprint density at radius 3 is 2.11 bits per heavy atom. The molecule has 0 fully saturated rings. The highest BCUT2D eigenvalue weighted by Gasteiger charge is 2.20. The van der Waals surface area contributed by atoms with Gasteiger partial charge in [0.2, 0.25) is 0 Å². The summed E-state index contributed by atoms with van der Waals surface area (Å²) in [5.74, 6) is -2.40. The first-order valence-corrected chi connectivity index (χ1v) is 5.39. The number of ketones is 1. The second kappa shape index (κ2) is 4.81. The Kier molecular flexibility index (Phi) is 3.20. The van der Waals surface area contributed by atoms with Crippen LogP contribution < -0.4 is 0 Å². The second-order valence-electron chi connectivity index (χ2n) is 3.88. The monoisotopic (exact) mass is 258 g/mol. The summed E-state index contributed by atoms with van der Waals surface area (Å²) in [4.78, 5) is 23.3. The fraction of sp³-hybridized carbons (Fsp3) is 0. The molecule has 2 aromatic rings. The number of carboxylic acid groups (broad SMARTS) is 1. The molecule has 0 aliphatic carbocycles. The van der Waals surface area contributed by atoms with Gasteiger partial charge >= 0.3 is 5.97 Å². The minimum absolute atomic E-state index is 0.0455. The minimum atomic E-state index is -1.23. The van der Waals surface area contributed by atoms with Crippen LogP contribution in [0.25, 0.3) is 0 Å². The lowest BCUT2D eigenvalue weighted by Gasteiger charge is -2.07. The van der Waals surface area contributed by atoms with Crippen molar-refractivity contribution >= 4 is 11.8 Å². The van der Waals surface area contributed by atoms with Gasteiger partial charge in [-0.05, 0) is 24.3 Å². The number of aromatic carboxylic acids is 1. The fourth-order valence-electron chi connectivity index (χ4n) is 1.72. The molecule has 0 radical (unpaired) electrons. The first-order valence-electron chi connectivity index (χ1n) is 5.39. The third-order valence-electron chi connectivity index (χ3n) is 2.63. The SMILES string of the molecule is O=C(O)c1ccccc1C(=O)c1cc(O)ccc1O. The van der Waals surface area contributed by atoms with Gasteiger partial charge in [0, 0.05) is 5.56 Å². The van der Waals surface area contributed by atoms with E-state index in [-0.39, 0.29) is 28.2 Å². The highest BCUT2D eigenvalue weighted by atomic mass is 16.4. The summed E-state index contributed by atoms with van der Waals surface area (Å²) in [6.07, 6.45) is 0. The number of phenolic OH excluding ortho intramolecular Hbond substituents is 2. The Balaban J connectivity index is 2.56. The van der Waals surface area contributed by atoms with E-state index < -0.39 is 11.8 Å². The number of rotatable bonds is 3. The lowest BCUT2D eigenvalue weighted by Crippen LogP contribution is -2.09. The number of aromatic hydroxyl groups is 2. The van der Waals surface area contributed by atoms with E-state index in [2.05, 4.69) is 0 Å². The summed E-state index contributed by atoms with van der Waals surface area (Å²) in [5.41, 5.74) is -0.347. The molecular formula is C14H10O5. The zero-order valence-corrected chi connectivity index (χ0v) is 9.70. The van der Waals surface area contributed by atoms with Crippen LogP contribution in [0.4, 0.5) is 0 Å². The van der Waals surface area contributed by atoms with Crippen molar-refractivity contribution in [3.05, 3.63) is 59.2 Å². The van der Waals surface area contributed by atoms with E-state index in [1.165, 1.54) is 36.4 Å². The van der Waals surface area contributed by atoms with Gasteiger partial charge in [-0.3, -0.25) is 4.79 Å². The maximum atomic E-state index is 12.2. The van der Waals surface area contributed by atoms with Gasteiger partial charge in [-0.15, -0.1) is 0 Å². The molecular weight excluding hydrogens is 248 g/mol. The molecule has 0 saturated carbocycles. The molecule has 5 nitrogen and oxygen atoms in total. The number of benzene rings is 2. The topological polar surface area (TPSA) is 94.8 Å². The minimum Gasteiger partial charge on any atom is -0.508 e. The molecule has 0 aromatic heterocycles. The molecule has 19 heavy (non-hydrogen) atoms. The van der Waals surface area contributed by atoms with Crippen LogP contribution in [0.15, 0.2) is 42.5 Å². The van der Waals surface area contributed by atoms with Gasteiger partial charge in [-0.1, -0.05) is 18.2 Å². The molecule has 0 amide bonds. The highest BCUT2D eigenvalue weighted by Crippen LogP contribution is 2.25. The van der Waals surface area contributed by atoms with E-state index in [0.29, 0.717) is 0 Å². The van der Waals surface area contributed by atoms with Crippen LogP contribution in [0.2, 0.25) is 0 Å². The predicted molar refractivity (Wildman–Crippen MR) is 66.6 cm³/mol. The van der Waals surface area contributed by atoms with Gasteiger partial charge in [0.25, 0.3) is 0 Å². The van der Waals surface area contributed by atoms with Gasteiger partial charge in [0.15, 0.2) is 5.78 Å². The summed E-state index contributed by atoms with van der Waals surface area (Å²) < 4.78 is 0. The molecule has 96 valence electrons. The number of carboxylic acids is 1. The first-order chi connectivity index (χ1) is 9.00. The lowest BCUT2D eigenvalue weighted by molar-refractivity contribution is 0.0692. The zero-order valence-electron chi connectivity index (χ0n) is 9.70. The predicted octanol–water partition coefficient (Wildman–Crippen LogP) is 2.03. The van der Waals surface area contributed by atoms with Crippen molar-refractivity contribution in [1.29, 1.82) is 0 Å². The lowest BCUT2D eigenvalue weighted by atomic mass is 9.97. The molecule has 3 N–H and O–H groups in total. The molecule has 0 aliphatic heterocycles. The molecule has 0 spiro atoms. The Morgan fingerprint density at radius 2 is 1.47 bits per heavy atom. The maximum absolute atomic E-state index is 12.2. The summed E-state index contributed by atoms with van der Waals surface area (Å²) in [7, 11) is 0. The van der Waals surface area contributed by atoms with Crippen molar-refractivity contribution in [2.75, 3.05) is 0 Å². The molecule has 2 rings (SSSR count). The Hall–Kier alpha value is -2.82. The zero-order chi connectivity index (χ0) is 14.0. The van der Waals surface area contributed by atoms with Crippen LogP contribution >= 0.6 is 0 Å². The van der Waals surface area contributed by atoms with E-state index in [4.69, 9.17) is 5.11 Å². The highest BCUT2D eigenvalue weighted by molar-refractivity contribution is 6.15. The molecule has 0 aliphatic rings. The standard InChI is InChI=1S/C14H10O5/c15-8-5-6-12(16)11(7-8)13(17)9-3-1-2-4-10(9)14(18)19/h1-7,15-16H,(H,18,19). The second-order valence-corrected chi connectivity index (χ2v) is 3.88. The summed E-state index contributed by atoms with van der Waals surface area (Å²) in [6, 6.07) is 9.18. The molecule has 0 unspecified atom stereocenters. The van der Waals surface area contributed by atoms with Gasteiger partial charge < -0.3 is 15.3 Å². The average molecular weight is 258 g/mol. The third kappa shape index (κ3) is 2.40. The molecule has 0 bridgehead atoms. The van der Waals surface area contributed by atoms with Crippen molar-refractivity contribution in [1.82, 2.24) is 0 Å². The third-order valence-corrected chi connectivity index (χ3v) is 2.63. The van der Waals surface area contributed by atoms with E-state index in [0.717, 1.165) is 6.07 Å². The van der Waals surface area contributed by atoms with Crippen molar-refractivity contribution in [3.8, 4) is 11.5 Å². The van der Waals surface area contributed by atoms with Crippen molar-refractivity contribution < 1.29 is 24.9 Å². The van der Waals surface area contributed by atoms with Crippen LogP contribution in [0.1, 0.15) is 26.3 Å². The van der Waals surface area contributed by atoms with Crippen molar-refractivity contribution in [2.45, 2.75) is 0 Å². The van der Waals surface area contributed by atoms with Crippen LogP contribution in [0, 0.1) is 0 Å². The normalized spacial score (nSPS) is 10.1. The molecule has 2 aromatic carbocycles. The van der Waals surface area contributed by atoms with E-state index in [9.17, 15) is 19.8 Å². The maximum Gasteiger partial charge on any atom is 0.336 e. The Labute approximate surface area is 108 Å². The van der Waals surface area contributed by atoms with Crippen LogP contribution in [0.3, 0.4) is 0 Å². The number of carbonyl (C=O) groups excluding carboxylic acids is 1. The number of phenols is 2. The molecule has 0 atom stereocenters. The van der Waals surface area contributed by atoms with Gasteiger partial charge in [-0.2, -0.15) is 0 Å². The number of hydrogen-bond acceptors (Lipinski definition) is 4. The van der Waals surface area contributed by atoms with Gasteiger partial charge in [-0.25, -0.2) is 4.79 Å². The summed E-state index contributed by atoms with van der Waals surface area (Å²) >= 11 is 0. The van der Waals surface area contributed by atoms with E-state index in [1.54, 1.807) is 0 Å². The number of hydrogen-bond donors (Lipinski definition) is 3. The molecule has 0 heterocycles. The van der Waals surface area contributed by atoms with Crippen LogP contribution in [0.5, 0.6) is 11.5 Å². The smallest absolute Gasteiger partial charge is 0.336 e. The molecule has 5 heteroatoms. The Morgan fingerprint density at radius 1 is 0.842 bits per heavy atom. The quantitative estimate of drug-likeness (QED) is 0.578. The largest absolute Gasteiger partial charge is 0.508 e. The summed E-state index contributed by atoms with van der Waals surface area (Å²) in [6.45, 7) is 0.